The maximum Gasteiger partial charge on any atom is 0.343 e. The highest BCUT2D eigenvalue weighted by molar-refractivity contribution is 9.10. The Hall–Kier alpha value is -5.01. The molecule has 2 amide bonds. The number of nitrogens with zero attached hydrogens (tertiary/aromatic N) is 2. The Bertz CT molecular complexity index is 2050. The molecule has 0 spiro atoms. The Labute approximate surface area is 314 Å². The summed E-state index contributed by atoms with van der Waals surface area (Å²) in [6, 6.07) is 24.6. The third kappa shape index (κ3) is 5.48. The minimum absolute atomic E-state index is 0.0992. The van der Waals surface area contributed by atoms with E-state index in [9.17, 15) is 34.1 Å². The van der Waals surface area contributed by atoms with E-state index in [1.165, 1.54) is 48.5 Å². The van der Waals surface area contributed by atoms with Gasteiger partial charge in [0.2, 0.25) is 11.8 Å². The zero-order chi connectivity index (χ0) is 37.1. The molecule has 0 radical (unpaired) electrons. The number of non-ortho nitro benzene ring substituents is 1. The highest BCUT2D eigenvalue weighted by Crippen LogP contribution is 2.70. The largest absolute Gasteiger partial charge is 0.456 e. The molecule has 4 aromatic rings. The van der Waals surface area contributed by atoms with Crippen LogP contribution in [-0.4, -0.2) is 52.0 Å². The van der Waals surface area contributed by atoms with Gasteiger partial charge in [0, 0.05) is 17.7 Å². The average Bonchev–Trinajstić information content (AvgIpc) is 3.42. The fourth-order valence-corrected chi connectivity index (χ4v) is 9.96. The van der Waals surface area contributed by atoms with Crippen LogP contribution in [0, 0.1) is 27.9 Å². The topological polar surface area (TPSA) is 150 Å². The third-order valence-electron chi connectivity index (χ3n) is 9.94. The number of alkyl halides is 2. The number of carbonyl (C=O) groups is 5. The minimum Gasteiger partial charge on any atom is -0.456 e. The van der Waals surface area contributed by atoms with E-state index in [0.717, 1.165) is 27.2 Å². The number of nitro benzene ring substituents is 1. The van der Waals surface area contributed by atoms with Gasteiger partial charge in [0.25, 0.3) is 5.69 Å². The van der Waals surface area contributed by atoms with Gasteiger partial charge in [0.1, 0.15) is 11.8 Å². The molecule has 2 bridgehead atoms. The minimum atomic E-state index is -1.27. The van der Waals surface area contributed by atoms with Gasteiger partial charge in [-0.3, -0.25) is 29.4 Å². The number of hydrogen-bond donors (Lipinski definition) is 0. The normalized spacial score (nSPS) is 23.1. The van der Waals surface area contributed by atoms with Gasteiger partial charge in [0.15, 0.2) is 12.4 Å². The van der Waals surface area contributed by atoms with E-state index in [-0.39, 0.29) is 34.9 Å². The van der Waals surface area contributed by atoms with Crippen molar-refractivity contribution < 1.29 is 38.4 Å². The van der Waals surface area contributed by atoms with Gasteiger partial charge in [-0.25, -0.2) is 9.59 Å². The van der Waals surface area contributed by atoms with Gasteiger partial charge in [0.05, 0.1) is 31.0 Å². The Balaban J connectivity index is 1.08. The van der Waals surface area contributed by atoms with Crippen LogP contribution < -0.4 is 4.74 Å². The predicted molar refractivity (Wildman–Crippen MR) is 194 cm³/mol. The van der Waals surface area contributed by atoms with Gasteiger partial charge in [-0.05, 0) is 71.0 Å². The molecule has 1 aliphatic heterocycles. The number of amides is 2. The lowest BCUT2D eigenvalue weighted by Crippen LogP contribution is -2.56. The van der Waals surface area contributed by atoms with Crippen LogP contribution in [0.15, 0.2) is 97.1 Å². The van der Waals surface area contributed by atoms with Gasteiger partial charge in [-0.2, -0.15) is 0 Å². The Morgan fingerprint density at radius 1 is 0.769 bits per heavy atom. The van der Waals surface area contributed by atoms with E-state index < -0.39 is 67.6 Å². The van der Waals surface area contributed by atoms with Crippen molar-refractivity contribution in [1.29, 1.82) is 0 Å². The molecule has 0 N–H and O–H groups in total. The first kappa shape index (κ1) is 35.4. The predicted octanol–water partition coefficient (Wildman–Crippen LogP) is 6.86. The van der Waals surface area contributed by atoms with E-state index in [1.54, 1.807) is 0 Å². The van der Waals surface area contributed by atoms with Crippen molar-refractivity contribution in [2.24, 2.45) is 17.8 Å². The van der Waals surface area contributed by atoms with Crippen molar-refractivity contribution in [3.05, 3.63) is 141 Å². The number of Topliss-reactive ketones (excluding diaryl/α,β-unsaturated/α-hetero) is 1. The second-order valence-corrected chi connectivity index (χ2v) is 15.9. The number of ether oxygens (including phenoxy) is 2. The Kier molecular flexibility index (Phi) is 8.98. The second-order valence-electron chi connectivity index (χ2n) is 13.4. The number of ketones is 1. The number of imide groups is 1. The van der Waals surface area contributed by atoms with Crippen LogP contribution in [0.4, 0.5) is 5.69 Å². The number of carbonyl (C=O) groups excluding carboxylic acids is 5. The molecule has 264 valence electrons. The number of halogens is 2. The van der Waals surface area contributed by atoms with E-state index in [0.29, 0.717) is 0 Å². The summed E-state index contributed by atoms with van der Waals surface area (Å²) in [6.07, 6.45) is 0.128. The second kappa shape index (κ2) is 13.2. The van der Waals surface area contributed by atoms with Gasteiger partial charge in [-0.1, -0.05) is 94.2 Å². The molecule has 52 heavy (non-hydrogen) atoms. The average molecular weight is 830 g/mol. The smallest absolute Gasteiger partial charge is 0.343 e. The lowest BCUT2D eigenvalue weighted by molar-refractivity contribution is -0.384. The fraction of sp³-hybridized carbons (Fsp3) is 0.256. The zero-order valence-corrected chi connectivity index (χ0v) is 31.0. The number of likely N-dealkylation sites (tertiary alicyclic amines) is 1. The summed E-state index contributed by atoms with van der Waals surface area (Å²) in [6.45, 7) is 3.08. The number of nitro groups is 1. The first-order chi connectivity index (χ1) is 24.8. The molecule has 13 heteroatoms. The van der Waals surface area contributed by atoms with E-state index in [2.05, 4.69) is 31.9 Å². The molecule has 1 fully saturated rings. The van der Waals surface area contributed by atoms with Crippen molar-refractivity contribution >= 4 is 67.1 Å². The van der Waals surface area contributed by atoms with E-state index in [4.69, 9.17) is 9.47 Å². The summed E-state index contributed by atoms with van der Waals surface area (Å²) >= 11 is 7.95. The molecular weight excluding hydrogens is 800 g/mol. The van der Waals surface area contributed by atoms with Gasteiger partial charge >= 0.3 is 11.9 Å². The monoisotopic (exact) mass is 828 g/mol. The summed E-state index contributed by atoms with van der Waals surface area (Å²) in [5.41, 5.74) is 3.58. The molecule has 11 nitrogen and oxygen atoms in total. The lowest BCUT2D eigenvalue weighted by atomic mass is 9.54. The fourth-order valence-electron chi connectivity index (χ4n) is 7.66. The van der Waals surface area contributed by atoms with Crippen molar-refractivity contribution in [3.8, 4) is 5.75 Å². The van der Waals surface area contributed by atoms with Crippen LogP contribution in [0.25, 0.3) is 0 Å². The molecule has 3 unspecified atom stereocenters. The first-order valence-electron chi connectivity index (χ1n) is 16.5. The van der Waals surface area contributed by atoms with Crippen LogP contribution in [0.5, 0.6) is 5.75 Å². The molecule has 1 saturated heterocycles. The summed E-state index contributed by atoms with van der Waals surface area (Å²) in [4.78, 5) is 79.9. The molecule has 1 heterocycles. The molecule has 4 aliphatic rings. The molecular formula is C39H30Br2N2O9. The SMILES string of the molecule is CC(C)CC(C(=O)OCC(=O)c1ccc(OC(=O)c2ccc([N+](=O)[O-])cc2)cc1)N1C(=O)C2C(C1=O)C1(Br)c3ccccc3C2(Br)c2ccccc21. The molecule has 0 aromatic heterocycles. The molecule has 8 rings (SSSR count). The maximum absolute atomic E-state index is 14.6. The number of rotatable bonds is 10. The number of hydrogen-bond acceptors (Lipinski definition) is 9. The van der Waals surface area contributed by atoms with Crippen LogP contribution in [0.1, 0.15) is 63.2 Å². The van der Waals surface area contributed by atoms with E-state index >= 15 is 0 Å². The van der Waals surface area contributed by atoms with Crippen molar-refractivity contribution in [3.63, 3.8) is 0 Å². The Morgan fingerprint density at radius 3 is 1.67 bits per heavy atom. The first-order valence-corrected chi connectivity index (χ1v) is 18.1. The molecule has 3 aliphatic carbocycles. The van der Waals surface area contributed by atoms with Crippen molar-refractivity contribution in [1.82, 2.24) is 4.90 Å². The molecule has 3 atom stereocenters. The number of benzene rings is 4. The maximum atomic E-state index is 14.6. The highest BCUT2D eigenvalue weighted by atomic mass is 79.9. The summed E-state index contributed by atoms with van der Waals surface area (Å²) < 4.78 is 8.78. The van der Waals surface area contributed by atoms with Crippen molar-refractivity contribution in [2.75, 3.05) is 6.61 Å². The van der Waals surface area contributed by atoms with Gasteiger partial charge in [-0.15, -0.1) is 0 Å². The van der Waals surface area contributed by atoms with E-state index in [1.807, 2.05) is 62.4 Å². The Morgan fingerprint density at radius 2 is 1.23 bits per heavy atom. The standard InChI is InChI=1S/C39H30Br2N2O9/c1-21(2)19-30(37(48)51-20-31(44)22-13-17-25(18-14-22)52-36(47)23-11-15-24(16-12-23)43(49)50)42-34(45)32-33(35(42)46)39(41)27-8-4-3-7-26(27)38(32,40)28-9-5-6-10-29(28)39/h3-18,21,30,32-33H,19-20H2,1-2H3. The zero-order valence-electron chi connectivity index (χ0n) is 27.8. The molecule has 0 saturated carbocycles. The van der Waals surface area contributed by atoms with Crippen LogP contribution in [0.2, 0.25) is 0 Å². The van der Waals surface area contributed by atoms with Crippen molar-refractivity contribution in [2.45, 2.75) is 35.0 Å². The van der Waals surface area contributed by atoms with Gasteiger partial charge < -0.3 is 9.47 Å². The van der Waals surface area contributed by atoms with Crippen LogP contribution in [0.3, 0.4) is 0 Å². The lowest BCUT2D eigenvalue weighted by Gasteiger charge is -2.55. The van der Waals surface area contributed by atoms with Crippen LogP contribution in [-0.2, 0) is 27.8 Å². The summed E-state index contributed by atoms with van der Waals surface area (Å²) in [5, 5.41) is 10.9. The summed E-state index contributed by atoms with van der Waals surface area (Å²) in [5.74, 6) is -4.87. The number of esters is 2. The highest BCUT2D eigenvalue weighted by Gasteiger charge is 2.73. The summed E-state index contributed by atoms with van der Waals surface area (Å²) in [7, 11) is 0. The third-order valence-corrected chi connectivity index (χ3v) is 12.6. The van der Waals surface area contributed by atoms with Crippen LogP contribution >= 0.6 is 31.9 Å². The molecule has 4 aromatic carbocycles. The quantitative estimate of drug-likeness (QED) is 0.0318.